The van der Waals surface area contributed by atoms with Gasteiger partial charge in [-0.2, -0.15) is 5.10 Å². The molecule has 202 valence electrons. The highest BCUT2D eigenvalue weighted by atomic mass is 16.5. The van der Waals surface area contributed by atoms with Gasteiger partial charge in [-0.1, -0.05) is 36.4 Å². The lowest BCUT2D eigenvalue weighted by Crippen LogP contribution is -2.40. The number of hydrogen-bond donors (Lipinski definition) is 4. The first-order valence-corrected chi connectivity index (χ1v) is 12.6. The number of carbonyl (C=O) groups excluding carboxylic acids is 2. The molecule has 0 spiro atoms. The largest absolute Gasteiger partial charge is 0.457 e. The fourth-order valence-corrected chi connectivity index (χ4v) is 4.18. The first-order valence-electron chi connectivity index (χ1n) is 12.6. The van der Waals surface area contributed by atoms with Crippen molar-refractivity contribution in [1.29, 1.82) is 0 Å². The van der Waals surface area contributed by atoms with Gasteiger partial charge in [0.25, 0.3) is 5.91 Å². The molecule has 10 nitrogen and oxygen atoms in total. The van der Waals surface area contributed by atoms with E-state index in [2.05, 4.69) is 26.0 Å². The maximum Gasteiger partial charge on any atom is 0.323 e. The normalized spacial score (nSPS) is 11.2. The molecule has 0 radical (unpaired) electrons. The minimum atomic E-state index is -0.436. The van der Waals surface area contributed by atoms with Gasteiger partial charge >= 0.3 is 6.03 Å². The lowest BCUT2D eigenvalue weighted by Gasteiger charge is -2.20. The molecule has 5 N–H and O–H groups in total. The van der Waals surface area contributed by atoms with Crippen LogP contribution in [0, 0.1) is 0 Å². The summed E-state index contributed by atoms with van der Waals surface area (Å²) >= 11 is 0. The van der Waals surface area contributed by atoms with Gasteiger partial charge in [0.15, 0.2) is 5.82 Å². The first kappa shape index (κ1) is 26.2. The summed E-state index contributed by atoms with van der Waals surface area (Å²) in [5.41, 5.74) is 9.15. The smallest absolute Gasteiger partial charge is 0.323 e. The van der Waals surface area contributed by atoms with E-state index in [1.807, 2.05) is 57.2 Å². The summed E-state index contributed by atoms with van der Waals surface area (Å²) in [4.78, 5) is 30.0. The van der Waals surface area contributed by atoms with Gasteiger partial charge in [0.2, 0.25) is 0 Å². The standard InChI is InChI=1S/C30H29N7O3/c1-30(2,3)36-28(38)24-17-37-26(27(31)32-18-33-37)25(24)19-12-14-20(15-13-19)34-29(39)35-21-8-7-11-23(16-21)40-22-9-5-4-6-10-22/h4-18H,1-3H3,(H,36,38)(H2,31,32,33)(H2,34,35,39). The van der Waals surface area contributed by atoms with E-state index < -0.39 is 11.6 Å². The summed E-state index contributed by atoms with van der Waals surface area (Å²) in [6, 6.07) is 23.2. The van der Waals surface area contributed by atoms with Crippen LogP contribution in [0.3, 0.4) is 0 Å². The molecule has 0 fully saturated rings. The Balaban J connectivity index is 1.34. The van der Waals surface area contributed by atoms with Gasteiger partial charge in [-0.15, -0.1) is 0 Å². The molecule has 10 heteroatoms. The van der Waals surface area contributed by atoms with E-state index in [0.717, 1.165) is 5.56 Å². The zero-order valence-corrected chi connectivity index (χ0v) is 22.3. The first-order chi connectivity index (χ1) is 19.2. The highest BCUT2D eigenvalue weighted by molar-refractivity contribution is 6.07. The van der Waals surface area contributed by atoms with Crippen LogP contribution >= 0.6 is 0 Å². The summed E-state index contributed by atoms with van der Waals surface area (Å²) in [6.45, 7) is 5.73. The van der Waals surface area contributed by atoms with Gasteiger partial charge in [-0.3, -0.25) is 4.79 Å². The van der Waals surface area contributed by atoms with Gasteiger partial charge in [0.05, 0.1) is 5.56 Å². The summed E-state index contributed by atoms with van der Waals surface area (Å²) in [6.07, 6.45) is 2.98. The Hall–Kier alpha value is -5.38. The van der Waals surface area contributed by atoms with Gasteiger partial charge in [-0.25, -0.2) is 14.3 Å². The number of hydrogen-bond acceptors (Lipinski definition) is 6. The number of ether oxygens (including phenoxy) is 1. The zero-order valence-electron chi connectivity index (χ0n) is 22.3. The van der Waals surface area contributed by atoms with Crippen molar-refractivity contribution in [3.63, 3.8) is 0 Å². The van der Waals surface area contributed by atoms with Crippen LogP contribution in [0.1, 0.15) is 31.1 Å². The number of carbonyl (C=O) groups is 2. The van der Waals surface area contributed by atoms with Crippen molar-refractivity contribution in [3.05, 3.63) is 97.0 Å². The molecule has 2 heterocycles. The number of urea groups is 1. The molecule has 0 aliphatic heterocycles. The van der Waals surface area contributed by atoms with E-state index >= 15 is 0 Å². The van der Waals surface area contributed by atoms with Crippen LogP contribution in [-0.2, 0) is 0 Å². The van der Waals surface area contributed by atoms with Crippen LogP contribution in [0.2, 0.25) is 0 Å². The number of anilines is 3. The maximum absolute atomic E-state index is 13.2. The predicted octanol–water partition coefficient (Wildman–Crippen LogP) is 5.94. The highest BCUT2D eigenvalue weighted by Crippen LogP contribution is 2.33. The minimum Gasteiger partial charge on any atom is -0.457 e. The maximum atomic E-state index is 13.2. The van der Waals surface area contributed by atoms with Crippen molar-refractivity contribution in [2.75, 3.05) is 16.4 Å². The van der Waals surface area contributed by atoms with Crippen molar-refractivity contribution in [2.24, 2.45) is 0 Å². The molecule has 3 amide bonds. The third-order valence-corrected chi connectivity index (χ3v) is 5.84. The van der Waals surface area contributed by atoms with Crippen LogP contribution < -0.4 is 26.4 Å². The molecule has 0 atom stereocenters. The van der Waals surface area contributed by atoms with Crippen molar-refractivity contribution < 1.29 is 14.3 Å². The molecule has 40 heavy (non-hydrogen) atoms. The third-order valence-electron chi connectivity index (χ3n) is 5.84. The monoisotopic (exact) mass is 535 g/mol. The van der Waals surface area contributed by atoms with E-state index in [9.17, 15) is 9.59 Å². The molecule has 0 saturated heterocycles. The average molecular weight is 536 g/mol. The molecule has 0 bridgehead atoms. The van der Waals surface area contributed by atoms with E-state index in [1.54, 1.807) is 53.2 Å². The fraction of sp³-hybridized carbons (Fsp3) is 0.133. The van der Waals surface area contributed by atoms with Gasteiger partial charge in [0, 0.05) is 34.7 Å². The van der Waals surface area contributed by atoms with E-state index in [0.29, 0.717) is 39.5 Å². The number of benzene rings is 3. The van der Waals surface area contributed by atoms with Gasteiger partial charge < -0.3 is 26.4 Å². The lowest BCUT2D eigenvalue weighted by molar-refractivity contribution is 0.0920. The van der Waals surface area contributed by atoms with Gasteiger partial charge in [-0.05, 0) is 62.7 Å². The number of para-hydroxylation sites is 1. The van der Waals surface area contributed by atoms with E-state index in [-0.39, 0.29) is 11.7 Å². The second kappa shape index (κ2) is 10.8. The molecule has 0 unspecified atom stereocenters. The number of fused-ring (bicyclic) bond motifs is 1. The highest BCUT2D eigenvalue weighted by Gasteiger charge is 2.24. The number of nitrogen functional groups attached to an aromatic ring is 1. The van der Waals surface area contributed by atoms with Gasteiger partial charge in [0.1, 0.15) is 23.3 Å². The molecule has 2 aromatic heterocycles. The Morgan fingerprint density at radius 2 is 1.57 bits per heavy atom. The summed E-state index contributed by atoms with van der Waals surface area (Å²) < 4.78 is 7.39. The van der Waals surface area contributed by atoms with Crippen molar-refractivity contribution in [2.45, 2.75) is 26.3 Å². The Morgan fingerprint density at radius 1 is 0.875 bits per heavy atom. The summed E-state index contributed by atoms with van der Waals surface area (Å²) in [5, 5.41) is 12.9. The second-order valence-electron chi connectivity index (χ2n) is 10.2. The molecule has 5 rings (SSSR count). The van der Waals surface area contributed by atoms with Crippen LogP contribution in [0.5, 0.6) is 11.5 Å². The van der Waals surface area contributed by atoms with Crippen LogP contribution in [-0.4, -0.2) is 32.1 Å². The second-order valence-corrected chi connectivity index (χ2v) is 10.2. The third kappa shape index (κ3) is 6.02. The number of rotatable bonds is 6. The van der Waals surface area contributed by atoms with Crippen molar-refractivity contribution >= 4 is 34.6 Å². The Kier molecular flexibility index (Phi) is 7.07. The molecule has 3 aromatic carbocycles. The summed E-state index contributed by atoms with van der Waals surface area (Å²) in [7, 11) is 0. The number of nitrogens with zero attached hydrogens (tertiary/aromatic N) is 3. The van der Waals surface area contributed by atoms with E-state index in [4.69, 9.17) is 10.5 Å². The molecule has 0 saturated carbocycles. The number of nitrogens with one attached hydrogen (secondary N) is 3. The van der Waals surface area contributed by atoms with Crippen LogP contribution in [0.4, 0.5) is 22.0 Å². The SMILES string of the molecule is CC(C)(C)NC(=O)c1cn2ncnc(N)c2c1-c1ccc(NC(=O)Nc2cccc(Oc3ccccc3)c2)cc1. The zero-order chi connectivity index (χ0) is 28.3. The Bertz CT molecular complexity index is 1670. The lowest BCUT2D eigenvalue weighted by atomic mass is 10.0. The fourth-order valence-electron chi connectivity index (χ4n) is 4.18. The molecular formula is C30H29N7O3. The minimum absolute atomic E-state index is 0.250. The topological polar surface area (TPSA) is 136 Å². The molecular weight excluding hydrogens is 506 g/mol. The van der Waals surface area contributed by atoms with Crippen molar-refractivity contribution in [3.8, 4) is 22.6 Å². The Morgan fingerprint density at radius 3 is 2.30 bits per heavy atom. The molecule has 0 aliphatic carbocycles. The molecule has 0 aliphatic rings. The quantitative estimate of drug-likeness (QED) is 0.212. The predicted molar refractivity (Wildman–Crippen MR) is 156 cm³/mol. The summed E-state index contributed by atoms with van der Waals surface area (Å²) in [5.74, 6) is 1.29. The van der Waals surface area contributed by atoms with Crippen LogP contribution in [0.15, 0.2) is 91.4 Å². The molecule has 5 aromatic rings. The van der Waals surface area contributed by atoms with E-state index in [1.165, 1.54) is 6.33 Å². The number of nitrogens with two attached hydrogens (primary N) is 1. The van der Waals surface area contributed by atoms with Crippen LogP contribution in [0.25, 0.3) is 16.6 Å². The number of amides is 3. The number of aromatic nitrogens is 3. The van der Waals surface area contributed by atoms with Crippen molar-refractivity contribution in [1.82, 2.24) is 19.9 Å². The average Bonchev–Trinajstić information content (AvgIpc) is 3.30. The Labute approximate surface area is 231 Å².